The minimum Gasteiger partial charge on any atom is -0.276 e. The van der Waals surface area contributed by atoms with E-state index in [0.717, 1.165) is 12.8 Å². The molecule has 0 rings (SSSR count). The topological polar surface area (TPSA) is 54.4 Å². The van der Waals surface area contributed by atoms with Crippen LogP contribution in [0.2, 0.25) is 0 Å². The first-order valence-electron chi connectivity index (χ1n) is 8.03. The van der Waals surface area contributed by atoms with Crippen LogP contribution in [0.25, 0.3) is 0 Å². The Balaban J connectivity index is 3.15. The molecule has 0 heterocycles. The summed E-state index contributed by atoms with van der Waals surface area (Å²) in [6.45, 7) is 2.24. The predicted molar refractivity (Wildman–Crippen MR) is 85.0 cm³/mol. The van der Waals surface area contributed by atoms with Crippen LogP contribution in [-0.2, 0) is 10.1 Å². The molecule has 0 aliphatic heterocycles. The van der Waals surface area contributed by atoms with E-state index in [1.54, 1.807) is 0 Å². The molecule has 0 saturated carbocycles. The number of unbranched alkanes of at least 4 members (excludes halogenated alkanes) is 12. The van der Waals surface area contributed by atoms with Gasteiger partial charge in [-0.3, -0.25) is 4.55 Å². The summed E-state index contributed by atoms with van der Waals surface area (Å²) in [6.07, 6.45) is 15.9. The zero-order chi connectivity index (χ0) is 15.1. The Hall–Kier alpha value is -0.530. The Morgan fingerprint density at radius 2 is 1.15 bits per heavy atom. The molecule has 20 heavy (non-hydrogen) atoms. The standard InChI is InChI=1S/C16H30O3S/c1-2-3-4-5-6-7-8-9-10-11-12-13-14-15-16-20(17,18)19/h2-14H2,1H3,(H,17,18,19). The quantitative estimate of drug-likeness (QED) is 0.316. The maximum absolute atomic E-state index is 10.3. The highest BCUT2D eigenvalue weighted by Gasteiger charge is 1.94. The summed E-state index contributed by atoms with van der Waals surface area (Å²) in [5.41, 5.74) is 0. The molecule has 1 N–H and O–H groups in total. The van der Waals surface area contributed by atoms with Gasteiger partial charge in [0.2, 0.25) is 0 Å². The minimum atomic E-state index is -4.10. The Morgan fingerprint density at radius 3 is 1.55 bits per heavy atom. The van der Waals surface area contributed by atoms with Gasteiger partial charge in [0.1, 0.15) is 0 Å². The maximum Gasteiger partial charge on any atom is 0.335 e. The molecule has 0 saturated heterocycles. The van der Waals surface area contributed by atoms with Gasteiger partial charge in [-0.25, -0.2) is 0 Å². The highest BCUT2D eigenvalue weighted by atomic mass is 32.2. The molecule has 0 bridgehead atoms. The van der Waals surface area contributed by atoms with Crippen LogP contribution in [0.15, 0.2) is 0 Å². The lowest BCUT2D eigenvalue weighted by atomic mass is 10.0. The Labute approximate surface area is 125 Å². The molecule has 0 aliphatic carbocycles. The molecule has 0 amide bonds. The maximum atomic E-state index is 10.3. The molecule has 0 aliphatic rings. The van der Waals surface area contributed by atoms with E-state index in [0.29, 0.717) is 6.42 Å². The van der Waals surface area contributed by atoms with E-state index in [-0.39, 0.29) is 0 Å². The van der Waals surface area contributed by atoms with Gasteiger partial charge in [0.05, 0.1) is 5.25 Å². The van der Waals surface area contributed by atoms with Crippen LogP contribution in [-0.4, -0.2) is 13.0 Å². The second-order valence-electron chi connectivity index (χ2n) is 5.39. The van der Waals surface area contributed by atoms with Crippen molar-refractivity contribution < 1.29 is 13.0 Å². The van der Waals surface area contributed by atoms with E-state index in [1.165, 1.54) is 64.2 Å². The first-order valence-corrected chi connectivity index (χ1v) is 9.47. The molecule has 0 aromatic heterocycles. The third-order valence-electron chi connectivity index (χ3n) is 3.36. The predicted octanol–water partition coefficient (Wildman–Crippen LogP) is 4.93. The highest BCUT2D eigenvalue weighted by molar-refractivity contribution is 7.90. The molecule has 0 aromatic carbocycles. The van der Waals surface area contributed by atoms with E-state index >= 15 is 0 Å². The molecule has 0 spiro atoms. The van der Waals surface area contributed by atoms with E-state index in [4.69, 9.17) is 4.55 Å². The average molecular weight is 302 g/mol. The lowest BCUT2D eigenvalue weighted by Crippen LogP contribution is -1.89. The fourth-order valence-electron chi connectivity index (χ4n) is 2.20. The van der Waals surface area contributed by atoms with E-state index in [9.17, 15) is 8.42 Å². The molecule has 0 fully saturated rings. The van der Waals surface area contributed by atoms with Crippen LogP contribution in [0.5, 0.6) is 0 Å². The normalized spacial score (nSPS) is 11.1. The molecular weight excluding hydrogens is 272 g/mol. The molecule has 3 nitrogen and oxygen atoms in total. The van der Waals surface area contributed by atoms with Crippen molar-refractivity contribution in [3.05, 3.63) is 0 Å². The first-order chi connectivity index (χ1) is 9.56. The van der Waals surface area contributed by atoms with Gasteiger partial charge in [-0.1, -0.05) is 83.5 Å². The second kappa shape index (κ2) is 13.5. The summed E-state index contributed by atoms with van der Waals surface area (Å²) in [6, 6.07) is 0. The van der Waals surface area contributed by atoms with Gasteiger partial charge in [-0.05, 0) is 6.42 Å². The fraction of sp³-hybridized carbons (Fsp3) is 0.875. The van der Waals surface area contributed by atoms with Crippen molar-refractivity contribution in [3.8, 4) is 11.2 Å². The van der Waals surface area contributed by atoms with E-state index in [2.05, 4.69) is 12.8 Å². The van der Waals surface area contributed by atoms with Crippen molar-refractivity contribution in [2.45, 2.75) is 90.4 Å². The van der Waals surface area contributed by atoms with Gasteiger partial charge >= 0.3 is 10.1 Å². The lowest BCUT2D eigenvalue weighted by molar-refractivity contribution is 0.496. The molecule has 118 valence electrons. The molecule has 0 aromatic rings. The molecular formula is C16H30O3S. The van der Waals surface area contributed by atoms with Gasteiger partial charge in [0.15, 0.2) is 0 Å². The van der Waals surface area contributed by atoms with Crippen LogP contribution < -0.4 is 0 Å². The third-order valence-corrected chi connectivity index (χ3v) is 3.76. The minimum absolute atomic E-state index is 0.553. The highest BCUT2D eigenvalue weighted by Crippen LogP contribution is 2.12. The Bertz CT molecular complexity index is 363. The SMILES string of the molecule is CCCCCCCCCCCCCCC#CS(=O)(=O)O. The van der Waals surface area contributed by atoms with Crippen molar-refractivity contribution in [1.82, 2.24) is 0 Å². The zero-order valence-corrected chi connectivity index (χ0v) is 13.7. The second-order valence-corrected chi connectivity index (χ2v) is 6.55. The van der Waals surface area contributed by atoms with Crippen molar-refractivity contribution in [1.29, 1.82) is 0 Å². The summed E-state index contributed by atoms with van der Waals surface area (Å²) < 4.78 is 29.1. The number of hydrogen-bond donors (Lipinski definition) is 1. The smallest absolute Gasteiger partial charge is 0.276 e. The largest absolute Gasteiger partial charge is 0.335 e. The van der Waals surface area contributed by atoms with Crippen molar-refractivity contribution in [2.75, 3.05) is 0 Å². The monoisotopic (exact) mass is 302 g/mol. The Morgan fingerprint density at radius 1 is 0.750 bits per heavy atom. The summed E-state index contributed by atoms with van der Waals surface area (Å²) in [4.78, 5) is 0. The summed E-state index contributed by atoms with van der Waals surface area (Å²) in [5.74, 6) is 2.47. The first kappa shape index (κ1) is 19.5. The van der Waals surface area contributed by atoms with Crippen molar-refractivity contribution in [2.24, 2.45) is 0 Å². The molecule has 4 heteroatoms. The number of rotatable bonds is 12. The van der Waals surface area contributed by atoms with E-state index in [1.807, 2.05) is 5.25 Å². The van der Waals surface area contributed by atoms with Crippen LogP contribution in [0.1, 0.15) is 90.4 Å². The van der Waals surface area contributed by atoms with Crippen LogP contribution in [0, 0.1) is 11.2 Å². The fourth-order valence-corrected chi connectivity index (χ4v) is 2.48. The van der Waals surface area contributed by atoms with E-state index < -0.39 is 10.1 Å². The zero-order valence-electron chi connectivity index (χ0n) is 12.9. The van der Waals surface area contributed by atoms with Gasteiger partial charge < -0.3 is 0 Å². The molecule has 0 unspecified atom stereocenters. The Kier molecular flexibility index (Phi) is 13.1. The average Bonchev–Trinajstić information content (AvgIpc) is 2.38. The summed E-state index contributed by atoms with van der Waals surface area (Å²) in [5, 5.41) is 1.84. The van der Waals surface area contributed by atoms with Crippen LogP contribution >= 0.6 is 0 Å². The third kappa shape index (κ3) is 17.5. The summed E-state index contributed by atoms with van der Waals surface area (Å²) in [7, 11) is -4.10. The van der Waals surface area contributed by atoms with Crippen molar-refractivity contribution >= 4 is 10.1 Å². The lowest BCUT2D eigenvalue weighted by Gasteiger charge is -2.01. The van der Waals surface area contributed by atoms with Crippen LogP contribution in [0.4, 0.5) is 0 Å². The molecule has 0 radical (unpaired) electrons. The van der Waals surface area contributed by atoms with Gasteiger partial charge in [0.25, 0.3) is 0 Å². The van der Waals surface area contributed by atoms with Crippen molar-refractivity contribution in [3.63, 3.8) is 0 Å². The van der Waals surface area contributed by atoms with Gasteiger partial charge in [-0.2, -0.15) is 8.42 Å². The van der Waals surface area contributed by atoms with Gasteiger partial charge in [-0.15, -0.1) is 0 Å². The summed E-state index contributed by atoms with van der Waals surface area (Å²) >= 11 is 0. The number of hydrogen-bond acceptors (Lipinski definition) is 2. The molecule has 0 atom stereocenters. The van der Waals surface area contributed by atoms with Crippen LogP contribution in [0.3, 0.4) is 0 Å². The van der Waals surface area contributed by atoms with Gasteiger partial charge in [0, 0.05) is 6.42 Å².